The van der Waals surface area contributed by atoms with Crippen LogP contribution in [0.1, 0.15) is 54.3 Å². The van der Waals surface area contributed by atoms with Gasteiger partial charge in [-0.25, -0.2) is 49.8 Å². The van der Waals surface area contributed by atoms with E-state index in [1.807, 2.05) is 6.92 Å². The SMILES string of the molecule is CCI.COCCCc1cnc(OC)nc1.COc1ncc(Br)cn1.COc1ncc(C#CCO)cn1.COc1ncc(CCCF)cn1.Cc1ncc(CCCF)cn1.[CH3-].[I][V]([I])[I]. The fourth-order valence-corrected chi connectivity index (χ4v) is 3.90. The third kappa shape index (κ3) is 41.8. The van der Waals surface area contributed by atoms with Crippen LogP contribution in [0.25, 0.3) is 0 Å². The summed E-state index contributed by atoms with van der Waals surface area (Å²) in [6.45, 7) is 3.98. The van der Waals surface area contributed by atoms with Gasteiger partial charge in [0.2, 0.25) is 0 Å². The van der Waals surface area contributed by atoms with Crippen LogP contribution in [0.5, 0.6) is 24.0 Å². The molecule has 0 aromatic carbocycles. The number of methoxy groups -OCH3 is 5. The van der Waals surface area contributed by atoms with Crippen molar-refractivity contribution in [2.24, 2.45) is 0 Å². The number of alkyl halides is 3. The summed E-state index contributed by atoms with van der Waals surface area (Å²) in [5, 5.41) is 8.39. The van der Waals surface area contributed by atoms with Crippen molar-refractivity contribution in [2.75, 3.05) is 66.5 Å². The molecule has 0 bridgehead atoms. The summed E-state index contributed by atoms with van der Waals surface area (Å²) in [5.41, 5.74) is 3.71. The predicted molar refractivity (Wildman–Crippen MR) is 285 cm³/mol. The Hall–Kier alpha value is -2.08. The van der Waals surface area contributed by atoms with Crippen LogP contribution < -0.4 is 18.9 Å². The second-order valence-corrected chi connectivity index (χ2v) is 49.1. The van der Waals surface area contributed by atoms with Crippen LogP contribution in [0.4, 0.5) is 8.78 Å². The van der Waals surface area contributed by atoms with Gasteiger partial charge in [-0.15, -0.1) is 0 Å². The molecule has 0 saturated carbocycles. The van der Waals surface area contributed by atoms with Crippen LogP contribution in [0.2, 0.25) is 0 Å². The summed E-state index contributed by atoms with van der Waals surface area (Å²) in [7, 11) is 7.79. The molecule has 16 nitrogen and oxygen atoms in total. The number of aryl methyl sites for hydroxylation is 4. The molecule has 0 aliphatic rings. The zero-order valence-electron chi connectivity index (χ0n) is 37.6. The van der Waals surface area contributed by atoms with E-state index in [9.17, 15) is 8.78 Å². The molecule has 0 fully saturated rings. The molecule has 5 heterocycles. The number of hydrogen-bond donors (Lipinski definition) is 1. The molecule has 5 rings (SSSR count). The van der Waals surface area contributed by atoms with Crippen molar-refractivity contribution in [3.05, 3.63) is 102 Å². The molecule has 65 heavy (non-hydrogen) atoms. The predicted octanol–water partition coefficient (Wildman–Crippen LogP) is 9.76. The molecule has 1 N–H and O–H groups in total. The summed E-state index contributed by atoms with van der Waals surface area (Å²) < 4.78 is 49.6. The van der Waals surface area contributed by atoms with E-state index in [-0.39, 0.29) is 32.3 Å². The summed E-state index contributed by atoms with van der Waals surface area (Å²) in [5.74, 6) is 5.91. The van der Waals surface area contributed by atoms with Gasteiger partial charge in [0.1, 0.15) is 12.4 Å². The van der Waals surface area contributed by atoms with Crippen LogP contribution >= 0.6 is 98.5 Å². The first kappa shape index (κ1) is 67.2. The fraction of sp³-hybridized carbons (Fsp3) is 0.439. The van der Waals surface area contributed by atoms with Gasteiger partial charge in [0.25, 0.3) is 0 Å². The van der Waals surface area contributed by atoms with Crippen LogP contribution in [-0.2, 0) is 28.9 Å². The van der Waals surface area contributed by atoms with E-state index < -0.39 is 0 Å². The zero-order chi connectivity index (χ0) is 48.2. The Labute approximate surface area is 442 Å². The van der Waals surface area contributed by atoms with Crippen molar-refractivity contribution in [3.8, 4) is 35.9 Å². The number of ether oxygens (including phenoxy) is 5. The Kier molecular flexibility index (Phi) is 50.0. The normalized spacial score (nSPS) is 9.17. The van der Waals surface area contributed by atoms with Crippen molar-refractivity contribution in [1.29, 1.82) is 0 Å². The fourth-order valence-electron chi connectivity index (χ4n) is 3.70. The Morgan fingerprint density at radius 1 is 0.600 bits per heavy atom. The third-order valence-corrected chi connectivity index (χ3v) is 6.89. The standard InChI is InChI=1S/C9H14N2O2.C8H11FN2O.C8H11FN2.C8H8N2O2.C5H5BrN2O.C2H5I.CH3.3HI.V/c1-12-5-3-4-8-6-10-9(13-2)11-7-8;1-12-8-10-5-7(6-11-8)3-2-4-9;1-7-10-5-8(6-11-7)3-2-4-9;1-12-8-9-5-7(6-10-8)3-2-4-11;1-9-5-7-2-4(6)3-8-5;1-2-3;;;;;/h6-7H,3-5H2,1-2H3;5-6H,2-4H2,1H3;5-6H,2-4H2,1H3;5-6,11H,4H2,1H3;2-3H,1H3;2H2,1H3;1H3;3*1H;/q;;;;;;-1;;;;+3/p-3. The van der Waals surface area contributed by atoms with Gasteiger partial charge in [0, 0.05) is 75.7 Å². The van der Waals surface area contributed by atoms with Crippen LogP contribution in [0.15, 0.2) is 66.4 Å². The summed E-state index contributed by atoms with van der Waals surface area (Å²) in [4.78, 5) is 38.8. The average molecular weight is 1460 g/mol. The van der Waals surface area contributed by atoms with E-state index in [1.54, 1.807) is 63.8 Å². The molecule has 5 aromatic rings. The quantitative estimate of drug-likeness (QED) is 0.0362. The van der Waals surface area contributed by atoms with Gasteiger partial charge in [-0.1, -0.05) is 41.4 Å². The molecule has 5 aromatic heterocycles. The minimum absolute atomic E-state index is 0. The number of aliphatic hydroxyl groups excluding tert-OH is 1. The Balaban J connectivity index is -0.000000712. The average Bonchev–Trinajstić information content (AvgIpc) is 3.32. The number of hydrogen-bond acceptors (Lipinski definition) is 16. The monoisotopic (exact) mass is 1460 g/mol. The molecular weight excluding hydrogens is 1400 g/mol. The Morgan fingerprint density at radius 2 is 0.908 bits per heavy atom. The van der Waals surface area contributed by atoms with E-state index in [0.29, 0.717) is 48.9 Å². The van der Waals surface area contributed by atoms with E-state index >= 15 is 0 Å². The van der Waals surface area contributed by atoms with Crippen LogP contribution in [-0.4, -0.2) is 121 Å². The van der Waals surface area contributed by atoms with Crippen LogP contribution in [0, 0.1) is 26.2 Å². The first-order valence-corrected chi connectivity index (χ1v) is 34.6. The maximum absolute atomic E-state index is 11.8. The Morgan fingerprint density at radius 3 is 1.22 bits per heavy atom. The van der Waals surface area contributed by atoms with Crippen molar-refractivity contribution >= 4 is 98.5 Å². The third-order valence-electron chi connectivity index (χ3n) is 6.48. The van der Waals surface area contributed by atoms with Crippen LogP contribution in [0.3, 0.4) is 0 Å². The maximum atomic E-state index is 11.8. The van der Waals surface area contributed by atoms with E-state index in [2.05, 4.69) is 167 Å². The molecule has 0 saturated heterocycles. The number of aliphatic hydroxyl groups is 1. The van der Waals surface area contributed by atoms with Crippen molar-refractivity contribution in [1.82, 2.24) is 49.8 Å². The zero-order valence-corrected chi connectivity index (χ0v) is 49.2. The number of rotatable bonds is 14. The van der Waals surface area contributed by atoms with Gasteiger partial charge in [-0.2, -0.15) is 0 Å². The van der Waals surface area contributed by atoms with Crippen molar-refractivity contribution in [2.45, 2.75) is 52.4 Å². The first-order chi connectivity index (χ1) is 30.9. The van der Waals surface area contributed by atoms with E-state index in [1.165, 1.54) is 38.2 Å². The summed E-state index contributed by atoms with van der Waals surface area (Å²) in [6.07, 6.45) is 21.1. The molecule has 0 radical (unpaired) electrons. The van der Waals surface area contributed by atoms with Gasteiger partial charge in [0.15, 0.2) is 0 Å². The number of halogens is 7. The molecule has 0 aliphatic heterocycles. The molecule has 0 unspecified atom stereocenters. The van der Waals surface area contributed by atoms with E-state index in [0.717, 1.165) is 52.9 Å². The second-order valence-electron chi connectivity index (χ2n) is 11.2. The molecule has 0 spiro atoms. The molecule has 0 aliphatic carbocycles. The van der Waals surface area contributed by atoms with Gasteiger partial charge >= 0.3 is 88.9 Å². The second kappa shape index (κ2) is 48.4. The first-order valence-electron chi connectivity index (χ1n) is 18.8. The van der Waals surface area contributed by atoms with Gasteiger partial charge in [-0.05, 0) is 82.5 Å². The summed E-state index contributed by atoms with van der Waals surface area (Å²) in [6, 6.07) is 1.46. The van der Waals surface area contributed by atoms with Crippen molar-refractivity contribution in [3.63, 3.8) is 0 Å². The number of nitrogens with zero attached hydrogens (tertiary/aromatic N) is 10. The van der Waals surface area contributed by atoms with E-state index in [4.69, 9.17) is 28.8 Å². The van der Waals surface area contributed by atoms with Crippen molar-refractivity contribution < 1.29 is 42.5 Å². The topological polar surface area (TPSA) is 195 Å². The molecular formula is C41H57BrF2I4N10O6V-. The summed E-state index contributed by atoms with van der Waals surface area (Å²) >= 11 is 12.9. The molecule has 0 amide bonds. The number of aromatic nitrogens is 10. The van der Waals surface area contributed by atoms with Gasteiger partial charge in [0.05, 0.1) is 51.8 Å². The minimum atomic E-state index is -0.300. The van der Waals surface area contributed by atoms with Gasteiger partial charge in [-0.3, -0.25) is 8.78 Å². The molecule has 362 valence electrons. The Bertz CT molecular complexity index is 1870. The molecule has 24 heteroatoms. The van der Waals surface area contributed by atoms with Gasteiger partial charge < -0.3 is 36.2 Å². The molecule has 0 atom stereocenters.